The number of phenols is 4. The SMILES string of the molecule is COC(=O)C1CSSCC(C(=O)OC)N2Cc3cc(-c4ccccc4)cc(c3O)CN1Cc1cc(-c3ccccc3)cc(c1O)CN1Cc3cc(-c4ccccc4)cc(c3O)CN(Cc3cc(-c4ccccc4)cc(c3O)C2)[C@H](C(=O)OC)CSSC[C@H]1C(=O)OC. The zero-order chi connectivity index (χ0) is 64.4. The zero-order valence-corrected chi connectivity index (χ0v) is 54.7. The fourth-order valence-corrected chi connectivity index (χ4v) is 17.3. The molecule has 0 spiro atoms. The first-order chi connectivity index (χ1) is 44.7. The molecular formula is C72H72N4O12S4. The Balaban J connectivity index is 1.21. The Bertz CT molecular complexity index is 3530. The van der Waals surface area contributed by atoms with E-state index in [1.54, 1.807) is 0 Å². The summed E-state index contributed by atoms with van der Waals surface area (Å²) in [6.07, 6.45) is 0. The quantitative estimate of drug-likeness (QED) is 0.0635. The number of nitrogens with zero attached hydrogens (tertiary/aromatic N) is 4. The molecule has 4 N–H and O–H groups in total. The summed E-state index contributed by atoms with van der Waals surface area (Å²) in [5.74, 6) is -2.14. The molecule has 0 radical (unpaired) electrons. The summed E-state index contributed by atoms with van der Waals surface area (Å²) in [5.41, 5.74) is 9.73. The summed E-state index contributed by atoms with van der Waals surface area (Å²) < 4.78 is 22.5. The van der Waals surface area contributed by atoms with E-state index in [9.17, 15) is 39.6 Å². The van der Waals surface area contributed by atoms with Gasteiger partial charge in [0.15, 0.2) is 0 Å². The number of benzene rings is 8. The average Bonchev–Trinajstić information content (AvgIpc) is 1.15. The summed E-state index contributed by atoms with van der Waals surface area (Å²) in [5, 5.41) is 52.3. The lowest BCUT2D eigenvalue weighted by Crippen LogP contribution is -2.43. The fraction of sp³-hybridized carbons (Fsp3) is 0.278. The molecular weight excluding hydrogens is 1240 g/mol. The van der Waals surface area contributed by atoms with Gasteiger partial charge in [-0.25, -0.2) is 0 Å². The van der Waals surface area contributed by atoms with Gasteiger partial charge >= 0.3 is 23.9 Å². The number of hydrogen-bond acceptors (Lipinski definition) is 20. The van der Waals surface area contributed by atoms with Crippen LogP contribution in [0.3, 0.4) is 0 Å². The minimum atomic E-state index is -0.997. The molecule has 0 aliphatic carbocycles. The van der Waals surface area contributed by atoms with E-state index in [-0.39, 0.29) is 98.4 Å². The van der Waals surface area contributed by atoms with Crippen LogP contribution in [0.15, 0.2) is 170 Å². The van der Waals surface area contributed by atoms with E-state index in [0.717, 1.165) is 44.5 Å². The van der Waals surface area contributed by atoms with Crippen molar-refractivity contribution < 1.29 is 58.6 Å². The number of esters is 4. The van der Waals surface area contributed by atoms with Crippen molar-refractivity contribution in [2.45, 2.75) is 76.5 Å². The number of ether oxygens (including phenoxy) is 4. The molecule has 12 bridgehead atoms. The number of rotatable bonds is 8. The van der Waals surface area contributed by atoms with Gasteiger partial charge in [0.1, 0.15) is 47.2 Å². The fourth-order valence-electron chi connectivity index (χ4n) is 12.3. The molecule has 8 aromatic rings. The number of carbonyl (C=O) groups excluding carboxylic acids is 4. The highest BCUT2D eigenvalue weighted by molar-refractivity contribution is 8.77. The molecule has 16 nitrogen and oxygen atoms in total. The second-order valence-electron chi connectivity index (χ2n) is 23.0. The molecule has 0 fully saturated rings. The molecule has 0 saturated carbocycles. The van der Waals surface area contributed by atoms with Gasteiger partial charge in [0.2, 0.25) is 0 Å². The maximum absolute atomic E-state index is 14.6. The number of methoxy groups -OCH3 is 4. The Morgan fingerprint density at radius 1 is 0.293 bits per heavy atom. The highest BCUT2D eigenvalue weighted by Crippen LogP contribution is 2.43. The van der Waals surface area contributed by atoms with E-state index < -0.39 is 48.0 Å². The van der Waals surface area contributed by atoms with Gasteiger partial charge in [-0.15, -0.1) is 0 Å². The zero-order valence-electron chi connectivity index (χ0n) is 51.4. The van der Waals surface area contributed by atoms with E-state index in [1.807, 2.05) is 189 Å². The topological polar surface area (TPSA) is 199 Å². The Kier molecular flexibility index (Phi) is 21.5. The Labute approximate surface area is 551 Å². The highest BCUT2D eigenvalue weighted by atomic mass is 33.1. The van der Waals surface area contributed by atoms with Crippen LogP contribution < -0.4 is 0 Å². The predicted octanol–water partition coefficient (Wildman–Crippen LogP) is 12.5. The van der Waals surface area contributed by atoms with E-state index in [0.29, 0.717) is 44.5 Å². The lowest BCUT2D eigenvalue weighted by Gasteiger charge is -2.33. The second-order valence-corrected chi connectivity index (χ2v) is 28.1. The van der Waals surface area contributed by atoms with Gasteiger partial charge in [-0.1, -0.05) is 165 Å². The summed E-state index contributed by atoms with van der Waals surface area (Å²) in [6.45, 7) is -0.367. The third-order valence-corrected chi connectivity index (χ3v) is 22.0. The lowest BCUT2D eigenvalue weighted by molar-refractivity contribution is -0.147. The third-order valence-electron chi connectivity index (χ3n) is 17.2. The van der Waals surface area contributed by atoms with Crippen molar-refractivity contribution in [3.05, 3.63) is 214 Å². The molecule has 476 valence electrons. The van der Waals surface area contributed by atoms with Gasteiger partial charge in [-0.05, 0) is 93.0 Å². The molecule has 3 aliphatic heterocycles. The van der Waals surface area contributed by atoms with Gasteiger partial charge in [0.05, 0.1) is 28.4 Å². The summed E-state index contributed by atoms with van der Waals surface area (Å²) in [6, 6.07) is 49.9. The van der Waals surface area contributed by atoms with Crippen molar-refractivity contribution >= 4 is 67.1 Å². The molecule has 11 rings (SSSR count). The Morgan fingerprint density at radius 3 is 0.609 bits per heavy atom. The molecule has 3 heterocycles. The van der Waals surface area contributed by atoms with Crippen molar-refractivity contribution in [2.24, 2.45) is 0 Å². The van der Waals surface area contributed by atoms with E-state index in [2.05, 4.69) is 0 Å². The molecule has 6 unspecified atom stereocenters. The Hall–Kier alpha value is -7.92. The van der Waals surface area contributed by atoms with Gasteiger partial charge in [-0.3, -0.25) is 38.8 Å². The molecule has 0 saturated heterocycles. The summed E-state index contributed by atoms with van der Waals surface area (Å²) >= 11 is 0. The van der Waals surface area contributed by atoms with Crippen LogP contribution in [0.1, 0.15) is 44.5 Å². The third kappa shape index (κ3) is 14.9. The molecule has 0 aromatic heterocycles. The molecule has 0 amide bonds. The standard InChI is InChI=1S/C72H72N4O12S4/c1-85-69(81)61-41-89-90-42-62(70(82)86-2)74-34-54-26-49(45-17-9-5-10-18-45)25-53(65(54)77)33-73(61)37-57-29-51(47-21-13-7-14-22-47)30-58(67(57)79)38-75-35-55-27-50(46-19-11-6-12-20-46)28-56(66(55)78)36-76(64(72(84)88-4)44-92-91-43-63(75)71(83)87-3)40-60-32-52(31-59(39-74)68(60)80)48-23-15-8-16-24-48/h5-32,61-64,77-80H,33-44H2,1-4H3/t61-,62-,63?,64?/m0/s1. The van der Waals surface area contributed by atoms with Crippen molar-refractivity contribution in [1.82, 2.24) is 19.6 Å². The van der Waals surface area contributed by atoms with Crippen LogP contribution in [0.2, 0.25) is 0 Å². The normalized spacial score (nSPS) is 21.3. The van der Waals surface area contributed by atoms with Crippen LogP contribution in [0, 0.1) is 0 Å². The number of carbonyl (C=O) groups is 4. The minimum Gasteiger partial charge on any atom is -0.507 e. The van der Waals surface area contributed by atoms with Crippen molar-refractivity contribution in [2.75, 3.05) is 51.5 Å². The van der Waals surface area contributed by atoms with Gasteiger partial charge in [0.25, 0.3) is 0 Å². The lowest BCUT2D eigenvalue weighted by atomic mass is 9.94. The minimum absolute atomic E-state index is 0.0353. The van der Waals surface area contributed by atoms with Crippen molar-refractivity contribution in [3.8, 4) is 67.5 Å². The first kappa shape index (κ1) is 65.6. The van der Waals surface area contributed by atoms with Crippen LogP contribution in [-0.2, 0) is 90.5 Å². The van der Waals surface area contributed by atoms with Crippen LogP contribution in [0.4, 0.5) is 0 Å². The number of aromatic hydroxyl groups is 4. The van der Waals surface area contributed by atoms with E-state index >= 15 is 0 Å². The maximum Gasteiger partial charge on any atom is 0.323 e. The van der Waals surface area contributed by atoms with Crippen LogP contribution >= 0.6 is 43.2 Å². The largest absolute Gasteiger partial charge is 0.507 e. The maximum atomic E-state index is 14.6. The van der Waals surface area contributed by atoms with Crippen LogP contribution in [0.5, 0.6) is 23.0 Å². The summed E-state index contributed by atoms with van der Waals surface area (Å²) in [4.78, 5) is 66.0. The smallest absolute Gasteiger partial charge is 0.323 e. The van der Waals surface area contributed by atoms with Crippen molar-refractivity contribution in [3.63, 3.8) is 0 Å². The van der Waals surface area contributed by atoms with E-state index in [4.69, 9.17) is 18.9 Å². The van der Waals surface area contributed by atoms with Gasteiger partial charge < -0.3 is 39.4 Å². The highest BCUT2D eigenvalue weighted by Gasteiger charge is 2.37. The van der Waals surface area contributed by atoms with E-state index in [1.165, 1.54) is 71.6 Å². The van der Waals surface area contributed by atoms with Gasteiger partial charge in [0, 0.05) is 120 Å². The summed E-state index contributed by atoms with van der Waals surface area (Å²) in [7, 11) is 10.8. The first-order valence-corrected chi connectivity index (χ1v) is 35.1. The molecule has 3 aliphatic rings. The van der Waals surface area contributed by atoms with Gasteiger partial charge in [-0.2, -0.15) is 0 Å². The van der Waals surface area contributed by atoms with Crippen molar-refractivity contribution in [1.29, 1.82) is 0 Å². The first-order valence-electron chi connectivity index (χ1n) is 30.1. The van der Waals surface area contributed by atoms with Crippen LogP contribution in [-0.4, -0.2) is 140 Å². The molecule has 8 aromatic carbocycles. The average molecular weight is 1310 g/mol. The van der Waals surface area contributed by atoms with Crippen LogP contribution in [0.25, 0.3) is 44.5 Å². The number of hydrogen-bond donors (Lipinski definition) is 4. The number of phenolic OH excluding ortho intramolecular Hbond substituents is 4. The number of fused-ring (bicyclic) bond motifs is 8. The monoisotopic (exact) mass is 1310 g/mol. The Morgan fingerprint density at radius 2 is 0.457 bits per heavy atom. The molecule has 92 heavy (non-hydrogen) atoms. The predicted molar refractivity (Wildman–Crippen MR) is 364 cm³/mol. The second kappa shape index (κ2) is 30.2. The molecule has 8 atom stereocenters. The molecule has 20 heteroatoms.